The molecule has 2 aromatic carbocycles. The molecule has 1 saturated heterocycles. The Morgan fingerprint density at radius 2 is 1.96 bits per heavy atom. The number of aldehydes is 1. The number of carbonyl (C=O) groups excluding carboxylic acids is 1. The molecule has 2 N–H and O–H groups in total. The van der Waals surface area contributed by atoms with E-state index in [0.29, 0.717) is 44.8 Å². The van der Waals surface area contributed by atoms with Gasteiger partial charge in [0.05, 0.1) is 23.3 Å². The van der Waals surface area contributed by atoms with E-state index in [4.69, 9.17) is 21.1 Å². The van der Waals surface area contributed by atoms with Crippen LogP contribution < -0.4 is 19.7 Å². The van der Waals surface area contributed by atoms with Gasteiger partial charge in [-0.3, -0.25) is 9.69 Å². The first-order valence-corrected chi connectivity index (χ1v) is 21.9. The van der Waals surface area contributed by atoms with Gasteiger partial charge in [0.1, 0.15) is 17.6 Å². The highest BCUT2D eigenvalue weighted by Crippen LogP contribution is 2.49. The number of fused-ring (bicyclic) bond motifs is 3. The number of benzene rings is 2. The minimum absolute atomic E-state index is 0.0346. The van der Waals surface area contributed by atoms with Gasteiger partial charge in [-0.2, -0.15) is 0 Å². The molecule has 0 amide bonds. The van der Waals surface area contributed by atoms with Crippen molar-refractivity contribution in [3.63, 3.8) is 0 Å². The second-order valence-electron chi connectivity index (χ2n) is 16.6. The molecule has 5 unspecified atom stereocenters. The molecule has 0 aromatic heterocycles. The van der Waals surface area contributed by atoms with Crippen LogP contribution in [0.3, 0.4) is 0 Å². The van der Waals surface area contributed by atoms with E-state index in [-0.39, 0.29) is 41.3 Å². The molecule has 2 aliphatic heterocycles. The molecule has 4 aliphatic rings. The van der Waals surface area contributed by atoms with E-state index in [1.807, 2.05) is 31.2 Å². The van der Waals surface area contributed by atoms with Crippen LogP contribution in [0.5, 0.6) is 5.75 Å². The molecule has 304 valence electrons. The van der Waals surface area contributed by atoms with Crippen molar-refractivity contribution in [1.29, 1.82) is 0 Å². The van der Waals surface area contributed by atoms with E-state index >= 15 is 0 Å². The Morgan fingerprint density at radius 3 is 2.71 bits per heavy atom. The fourth-order valence-corrected chi connectivity index (χ4v) is 10.6. The average molecular weight is 804 g/mol. The van der Waals surface area contributed by atoms with Gasteiger partial charge in [-0.25, -0.2) is 17.7 Å². The topological polar surface area (TPSA) is 83.1 Å². The number of nitrogens with one attached hydrogen (secondary N) is 2. The fraction of sp³-hybridized carbons (Fsp3) is 0.651. The van der Waals surface area contributed by atoms with Gasteiger partial charge in [0.15, 0.2) is 0 Å². The second kappa shape index (κ2) is 18.5. The molecule has 2 aliphatic carbocycles. The SMILES string of the molecule is CNS(=O)C(C)C(C)C/C=C/[C@@](CN1CCCC(F)(F)CCNCC1)(OC)C1CCC1CN1C[C@@]2(CCCc3cc(Cl)ccc32)COc2ccc(C=O)cc21. The number of hydrogen-bond acceptors (Lipinski definition) is 7. The van der Waals surface area contributed by atoms with E-state index in [1.165, 1.54) is 11.1 Å². The quantitative estimate of drug-likeness (QED) is 0.160. The third-order valence-electron chi connectivity index (χ3n) is 13.1. The van der Waals surface area contributed by atoms with Crippen molar-refractivity contribution in [2.24, 2.45) is 17.8 Å². The van der Waals surface area contributed by atoms with Gasteiger partial charge in [0, 0.05) is 80.5 Å². The Bertz CT molecular complexity index is 1680. The first kappa shape index (κ1) is 42.2. The number of methoxy groups -OCH3 is 1. The molecular weight excluding hydrogens is 742 g/mol. The van der Waals surface area contributed by atoms with Crippen molar-refractivity contribution in [3.8, 4) is 5.75 Å². The summed E-state index contributed by atoms with van der Waals surface area (Å²) in [5.41, 5.74) is 3.22. The van der Waals surface area contributed by atoms with Crippen LogP contribution in [-0.4, -0.2) is 98.7 Å². The molecule has 0 radical (unpaired) electrons. The van der Waals surface area contributed by atoms with Crippen LogP contribution >= 0.6 is 11.6 Å². The Labute approximate surface area is 334 Å². The maximum Gasteiger partial charge on any atom is 0.249 e. The van der Waals surface area contributed by atoms with Crippen molar-refractivity contribution in [2.75, 3.05) is 71.5 Å². The summed E-state index contributed by atoms with van der Waals surface area (Å²) in [5.74, 6) is -1.30. The number of aryl methyl sites for hydroxylation is 1. The lowest BCUT2D eigenvalue weighted by Crippen LogP contribution is -2.57. The summed E-state index contributed by atoms with van der Waals surface area (Å²) in [6, 6.07) is 12.0. The first-order valence-electron chi connectivity index (χ1n) is 20.3. The number of nitrogens with zero attached hydrogens (tertiary/aromatic N) is 2. The van der Waals surface area contributed by atoms with Crippen LogP contribution in [-0.2, 0) is 27.6 Å². The average Bonchev–Trinajstić information content (AvgIpc) is 3.31. The lowest BCUT2D eigenvalue weighted by atomic mass is 9.63. The van der Waals surface area contributed by atoms with Crippen LogP contribution in [0, 0.1) is 17.8 Å². The molecule has 8 nitrogen and oxygen atoms in total. The Morgan fingerprint density at radius 1 is 1.13 bits per heavy atom. The van der Waals surface area contributed by atoms with Gasteiger partial charge in [-0.1, -0.05) is 36.7 Å². The summed E-state index contributed by atoms with van der Waals surface area (Å²) in [6.45, 7) is 9.03. The number of alkyl halides is 2. The van der Waals surface area contributed by atoms with Crippen LogP contribution in [0.2, 0.25) is 5.02 Å². The predicted molar refractivity (Wildman–Crippen MR) is 219 cm³/mol. The summed E-state index contributed by atoms with van der Waals surface area (Å²) < 4.78 is 58.0. The van der Waals surface area contributed by atoms with Crippen molar-refractivity contribution in [3.05, 3.63) is 70.3 Å². The number of anilines is 1. The maximum absolute atomic E-state index is 14.6. The van der Waals surface area contributed by atoms with Gasteiger partial charge in [0.25, 0.3) is 0 Å². The minimum atomic E-state index is -2.67. The molecule has 0 bridgehead atoms. The van der Waals surface area contributed by atoms with Crippen LogP contribution in [0.1, 0.15) is 86.7 Å². The number of ether oxygens (including phenoxy) is 2. The zero-order valence-corrected chi connectivity index (χ0v) is 34.7. The highest BCUT2D eigenvalue weighted by atomic mass is 35.5. The highest BCUT2D eigenvalue weighted by molar-refractivity contribution is 7.83. The number of allylic oxidation sites excluding steroid dienone is 1. The van der Waals surface area contributed by atoms with Gasteiger partial charge < -0.3 is 19.7 Å². The lowest BCUT2D eigenvalue weighted by molar-refractivity contribution is -0.0929. The number of halogens is 3. The van der Waals surface area contributed by atoms with E-state index < -0.39 is 22.5 Å². The molecule has 1 saturated carbocycles. The van der Waals surface area contributed by atoms with E-state index in [9.17, 15) is 17.8 Å². The zero-order chi connectivity index (χ0) is 39.2. The fourth-order valence-electron chi connectivity index (χ4n) is 9.51. The summed E-state index contributed by atoms with van der Waals surface area (Å²) >= 11 is 6.49. The lowest BCUT2D eigenvalue weighted by Gasteiger charge is -2.52. The predicted octanol–water partition coefficient (Wildman–Crippen LogP) is 7.60. The standard InChI is InChI=1S/C43H61ClF2N4O4S/c1-31(32(2)55(52)47-3)8-5-17-42(53-4,29-49-22-7-18-43(45,46)19-20-48-21-23-49)38-13-11-35(38)26-50-28-41(16-6-9-34-25-36(44)12-14-37(34)41)30-54-40-15-10-33(27-51)24-39(40)50/h5,10,12,14-15,17,24-25,27,31-32,35,38,47-48H,6-9,11,13,16,18-23,26,28-30H2,1-4H3/b17-5+/t31?,32?,35?,38?,41-,42-,55?/m0/s1. The van der Waals surface area contributed by atoms with E-state index in [2.05, 4.69) is 51.0 Å². The van der Waals surface area contributed by atoms with Crippen molar-refractivity contribution in [2.45, 2.75) is 93.8 Å². The molecule has 55 heavy (non-hydrogen) atoms. The van der Waals surface area contributed by atoms with E-state index in [0.717, 1.165) is 80.9 Å². The smallest absolute Gasteiger partial charge is 0.249 e. The molecule has 1 spiro atoms. The zero-order valence-electron chi connectivity index (χ0n) is 33.1. The monoisotopic (exact) mass is 802 g/mol. The molecular formula is C43H61ClF2N4O4S. The van der Waals surface area contributed by atoms with Gasteiger partial charge in [-0.15, -0.1) is 0 Å². The Kier molecular flexibility index (Phi) is 14.2. The normalized spacial score (nSPS) is 27.4. The van der Waals surface area contributed by atoms with Crippen molar-refractivity contribution in [1.82, 2.24) is 14.9 Å². The van der Waals surface area contributed by atoms with Gasteiger partial charge in [0.2, 0.25) is 5.92 Å². The molecule has 2 heterocycles. The summed E-state index contributed by atoms with van der Waals surface area (Å²) in [4.78, 5) is 16.9. The van der Waals surface area contributed by atoms with Crippen LogP contribution in [0.25, 0.3) is 0 Å². The number of hydrogen-bond donors (Lipinski definition) is 2. The summed E-state index contributed by atoms with van der Waals surface area (Å²) in [5, 5.41) is 3.96. The van der Waals surface area contributed by atoms with Crippen molar-refractivity contribution < 1.29 is 27.3 Å². The number of rotatable bonds is 13. The number of carbonyl (C=O) groups is 1. The largest absolute Gasteiger partial charge is 0.490 e. The minimum Gasteiger partial charge on any atom is -0.490 e. The van der Waals surface area contributed by atoms with Crippen molar-refractivity contribution >= 4 is 34.6 Å². The molecule has 2 fully saturated rings. The highest BCUT2D eigenvalue weighted by Gasteiger charge is 2.49. The first-order chi connectivity index (χ1) is 26.4. The van der Waals surface area contributed by atoms with Crippen LogP contribution in [0.4, 0.5) is 14.5 Å². The molecule has 12 heteroatoms. The Hall–Kier alpha value is -2.41. The maximum atomic E-state index is 14.6. The summed E-state index contributed by atoms with van der Waals surface area (Å²) in [7, 11) is 2.38. The second-order valence-corrected chi connectivity index (χ2v) is 18.8. The van der Waals surface area contributed by atoms with Gasteiger partial charge in [-0.05, 0) is 125 Å². The Balaban J connectivity index is 1.32. The molecule has 2 aromatic rings. The van der Waals surface area contributed by atoms with Crippen LogP contribution in [0.15, 0.2) is 48.6 Å². The summed E-state index contributed by atoms with van der Waals surface area (Å²) in [6.07, 6.45) is 11.3. The van der Waals surface area contributed by atoms with E-state index in [1.54, 1.807) is 14.2 Å². The molecule has 6 rings (SSSR count). The third kappa shape index (κ3) is 9.83. The third-order valence-corrected chi connectivity index (χ3v) is 14.9. The van der Waals surface area contributed by atoms with Gasteiger partial charge >= 0.3 is 0 Å². The molecule has 7 atom stereocenters.